The molecular weight excluding hydrogens is 394 g/mol. The van der Waals surface area contributed by atoms with Crippen molar-refractivity contribution < 1.29 is 19.1 Å². The van der Waals surface area contributed by atoms with E-state index in [1.807, 2.05) is 0 Å². The standard InChI is InChI=1S/C19H11Cl2FN2O3/c20-14-6-4-11(9-13(14)19(26)27)24-18(25)10-3-5-12(16(22)8-10)17-15(21)2-1-7-23-17/h1-9H,(H,24,25)(H,26,27). The van der Waals surface area contributed by atoms with Gasteiger partial charge in [0, 0.05) is 23.0 Å². The number of carbonyl (C=O) groups excluding carboxylic acids is 1. The molecule has 0 spiro atoms. The molecule has 0 saturated carbocycles. The van der Waals surface area contributed by atoms with Crippen LogP contribution >= 0.6 is 23.2 Å². The van der Waals surface area contributed by atoms with Crippen molar-refractivity contribution in [1.82, 2.24) is 4.98 Å². The van der Waals surface area contributed by atoms with Gasteiger partial charge in [0.05, 0.1) is 21.3 Å². The van der Waals surface area contributed by atoms with E-state index in [0.717, 1.165) is 6.07 Å². The van der Waals surface area contributed by atoms with Crippen LogP contribution in [0.2, 0.25) is 10.0 Å². The number of aromatic nitrogens is 1. The largest absolute Gasteiger partial charge is 0.478 e. The fourth-order valence-electron chi connectivity index (χ4n) is 2.40. The van der Waals surface area contributed by atoms with Gasteiger partial charge in [-0.15, -0.1) is 0 Å². The zero-order chi connectivity index (χ0) is 19.6. The third kappa shape index (κ3) is 4.07. The first kappa shape index (κ1) is 18.8. The van der Waals surface area contributed by atoms with Gasteiger partial charge in [0.2, 0.25) is 0 Å². The van der Waals surface area contributed by atoms with Gasteiger partial charge in [0.25, 0.3) is 5.91 Å². The SMILES string of the molecule is O=C(Nc1ccc(Cl)c(C(=O)O)c1)c1ccc(-c2ncccc2Cl)c(F)c1. The Morgan fingerprint density at radius 3 is 2.48 bits per heavy atom. The molecule has 1 aromatic heterocycles. The van der Waals surface area contributed by atoms with Crippen molar-refractivity contribution in [2.75, 3.05) is 5.32 Å². The summed E-state index contributed by atoms with van der Waals surface area (Å²) in [6.07, 6.45) is 1.49. The Morgan fingerprint density at radius 1 is 1.04 bits per heavy atom. The number of anilines is 1. The number of hydrogen-bond donors (Lipinski definition) is 2. The van der Waals surface area contributed by atoms with E-state index < -0.39 is 17.7 Å². The summed E-state index contributed by atoms with van der Waals surface area (Å²) in [4.78, 5) is 27.5. The van der Waals surface area contributed by atoms with E-state index in [-0.39, 0.29) is 38.1 Å². The van der Waals surface area contributed by atoms with Crippen LogP contribution in [0.4, 0.5) is 10.1 Å². The maximum absolute atomic E-state index is 14.5. The minimum absolute atomic E-state index is 0.0446. The van der Waals surface area contributed by atoms with Crippen LogP contribution in [0.5, 0.6) is 0 Å². The number of nitrogens with zero attached hydrogens (tertiary/aromatic N) is 1. The number of amides is 1. The third-order valence-electron chi connectivity index (χ3n) is 3.70. The highest BCUT2D eigenvalue weighted by atomic mass is 35.5. The van der Waals surface area contributed by atoms with E-state index in [4.69, 9.17) is 28.3 Å². The molecule has 0 radical (unpaired) electrons. The summed E-state index contributed by atoms with van der Waals surface area (Å²) in [5.74, 6) is -2.49. The minimum Gasteiger partial charge on any atom is -0.478 e. The smallest absolute Gasteiger partial charge is 0.337 e. The van der Waals surface area contributed by atoms with E-state index in [2.05, 4.69) is 10.3 Å². The maximum Gasteiger partial charge on any atom is 0.337 e. The zero-order valence-corrected chi connectivity index (χ0v) is 15.1. The normalized spacial score (nSPS) is 10.5. The first-order valence-corrected chi connectivity index (χ1v) is 8.37. The number of pyridine rings is 1. The Hall–Kier alpha value is -2.96. The Labute approximate surface area is 163 Å². The van der Waals surface area contributed by atoms with Crippen LogP contribution in [0, 0.1) is 5.82 Å². The summed E-state index contributed by atoms with van der Waals surface area (Å²) in [6.45, 7) is 0. The van der Waals surface area contributed by atoms with Gasteiger partial charge in [-0.2, -0.15) is 0 Å². The number of halogens is 3. The Balaban J connectivity index is 1.86. The lowest BCUT2D eigenvalue weighted by Crippen LogP contribution is -2.13. The maximum atomic E-state index is 14.5. The number of hydrogen-bond acceptors (Lipinski definition) is 3. The predicted molar refractivity (Wildman–Crippen MR) is 101 cm³/mol. The monoisotopic (exact) mass is 404 g/mol. The van der Waals surface area contributed by atoms with Gasteiger partial charge in [0.1, 0.15) is 5.82 Å². The molecule has 0 bridgehead atoms. The van der Waals surface area contributed by atoms with Crippen LogP contribution in [0.15, 0.2) is 54.7 Å². The fraction of sp³-hybridized carbons (Fsp3) is 0. The van der Waals surface area contributed by atoms with Gasteiger partial charge in [-0.3, -0.25) is 9.78 Å². The van der Waals surface area contributed by atoms with Crippen molar-refractivity contribution in [3.05, 3.63) is 81.7 Å². The van der Waals surface area contributed by atoms with Gasteiger partial charge >= 0.3 is 5.97 Å². The van der Waals surface area contributed by atoms with Crippen molar-refractivity contribution in [2.24, 2.45) is 0 Å². The molecule has 0 saturated heterocycles. The van der Waals surface area contributed by atoms with E-state index in [9.17, 15) is 14.0 Å². The molecule has 3 rings (SSSR count). The lowest BCUT2D eigenvalue weighted by molar-refractivity contribution is 0.0696. The first-order chi connectivity index (χ1) is 12.9. The third-order valence-corrected chi connectivity index (χ3v) is 4.33. The summed E-state index contributed by atoms with van der Waals surface area (Å²) in [6, 6.07) is 11.1. The second-order valence-corrected chi connectivity index (χ2v) is 6.30. The molecule has 5 nitrogen and oxygen atoms in total. The number of nitrogens with one attached hydrogen (secondary N) is 1. The van der Waals surface area contributed by atoms with Crippen LogP contribution in [-0.2, 0) is 0 Å². The van der Waals surface area contributed by atoms with Crippen LogP contribution in [0.3, 0.4) is 0 Å². The van der Waals surface area contributed by atoms with Crippen molar-refractivity contribution in [3.63, 3.8) is 0 Å². The number of benzene rings is 2. The van der Waals surface area contributed by atoms with Crippen LogP contribution < -0.4 is 5.32 Å². The lowest BCUT2D eigenvalue weighted by Gasteiger charge is -2.09. The molecule has 0 aliphatic heterocycles. The summed E-state index contributed by atoms with van der Waals surface area (Å²) in [7, 11) is 0. The molecule has 0 fully saturated rings. The number of carboxylic acid groups (broad SMARTS) is 1. The van der Waals surface area contributed by atoms with Crippen molar-refractivity contribution in [2.45, 2.75) is 0 Å². The molecule has 0 aliphatic carbocycles. The Morgan fingerprint density at radius 2 is 1.81 bits per heavy atom. The average Bonchev–Trinajstić information content (AvgIpc) is 2.63. The van der Waals surface area contributed by atoms with Crippen LogP contribution in [-0.4, -0.2) is 22.0 Å². The molecule has 1 amide bonds. The first-order valence-electron chi connectivity index (χ1n) is 7.61. The molecule has 27 heavy (non-hydrogen) atoms. The van der Waals surface area contributed by atoms with Crippen molar-refractivity contribution in [1.29, 1.82) is 0 Å². The highest BCUT2D eigenvalue weighted by Crippen LogP contribution is 2.28. The molecule has 0 unspecified atom stereocenters. The number of aromatic carboxylic acids is 1. The number of carbonyl (C=O) groups is 2. The molecule has 2 N–H and O–H groups in total. The minimum atomic E-state index is -1.22. The zero-order valence-electron chi connectivity index (χ0n) is 13.5. The summed E-state index contributed by atoms with van der Waals surface area (Å²) >= 11 is 11.8. The summed E-state index contributed by atoms with van der Waals surface area (Å²) in [5.41, 5.74) is 0.555. The van der Waals surface area contributed by atoms with E-state index in [0.29, 0.717) is 0 Å². The molecule has 0 aliphatic rings. The van der Waals surface area contributed by atoms with E-state index in [1.165, 1.54) is 36.5 Å². The quantitative estimate of drug-likeness (QED) is 0.630. The molecule has 2 aromatic carbocycles. The molecule has 1 heterocycles. The van der Waals surface area contributed by atoms with E-state index >= 15 is 0 Å². The highest BCUT2D eigenvalue weighted by Gasteiger charge is 2.15. The number of rotatable bonds is 4. The van der Waals surface area contributed by atoms with Crippen molar-refractivity contribution in [3.8, 4) is 11.3 Å². The summed E-state index contributed by atoms with van der Waals surface area (Å²) in [5, 5.41) is 11.9. The van der Waals surface area contributed by atoms with Gasteiger partial charge < -0.3 is 10.4 Å². The molecule has 8 heteroatoms. The van der Waals surface area contributed by atoms with Crippen LogP contribution in [0.25, 0.3) is 11.3 Å². The lowest BCUT2D eigenvalue weighted by atomic mass is 10.1. The highest BCUT2D eigenvalue weighted by molar-refractivity contribution is 6.33. The van der Waals surface area contributed by atoms with E-state index in [1.54, 1.807) is 12.1 Å². The predicted octanol–water partition coefficient (Wildman–Crippen LogP) is 5.15. The average molecular weight is 405 g/mol. The van der Waals surface area contributed by atoms with Gasteiger partial charge in [-0.1, -0.05) is 23.2 Å². The molecule has 3 aromatic rings. The topological polar surface area (TPSA) is 79.3 Å². The number of carboxylic acids is 1. The van der Waals surface area contributed by atoms with Crippen LogP contribution in [0.1, 0.15) is 20.7 Å². The Bertz CT molecular complexity index is 1060. The molecule has 0 atom stereocenters. The van der Waals surface area contributed by atoms with Gasteiger partial charge in [0.15, 0.2) is 0 Å². The van der Waals surface area contributed by atoms with Gasteiger partial charge in [-0.25, -0.2) is 9.18 Å². The molecule has 136 valence electrons. The fourth-order valence-corrected chi connectivity index (χ4v) is 2.82. The second-order valence-electron chi connectivity index (χ2n) is 5.48. The molecular formula is C19H11Cl2FN2O3. The second kappa shape index (κ2) is 7.73. The Kier molecular flexibility index (Phi) is 5.39. The van der Waals surface area contributed by atoms with Gasteiger partial charge in [-0.05, 0) is 48.5 Å². The van der Waals surface area contributed by atoms with Crippen molar-refractivity contribution >= 4 is 40.8 Å². The summed E-state index contributed by atoms with van der Waals surface area (Å²) < 4.78 is 14.5.